The van der Waals surface area contributed by atoms with E-state index >= 15 is 0 Å². The first-order valence-corrected chi connectivity index (χ1v) is 4.99. The van der Waals surface area contributed by atoms with Crippen LogP contribution < -0.4 is 0 Å². The van der Waals surface area contributed by atoms with Crippen molar-refractivity contribution < 1.29 is 0 Å². The molecule has 0 N–H and O–H groups in total. The molecule has 12 heavy (non-hydrogen) atoms. The molecule has 1 heterocycles. The van der Waals surface area contributed by atoms with Gasteiger partial charge in [-0.25, -0.2) is 0 Å². The summed E-state index contributed by atoms with van der Waals surface area (Å²) < 4.78 is 0. The van der Waals surface area contributed by atoms with Crippen LogP contribution in [0, 0.1) is 10.8 Å². The molecule has 0 amide bonds. The summed E-state index contributed by atoms with van der Waals surface area (Å²) in [4.78, 5) is 2.47. The zero-order valence-electron chi connectivity index (χ0n) is 9.28. The third-order valence-electron chi connectivity index (χ3n) is 2.83. The van der Waals surface area contributed by atoms with Crippen LogP contribution in [0.25, 0.3) is 0 Å². The van der Waals surface area contributed by atoms with Crippen molar-refractivity contribution >= 4 is 0 Å². The molecule has 0 radical (unpaired) electrons. The van der Waals surface area contributed by atoms with Crippen molar-refractivity contribution in [1.29, 1.82) is 0 Å². The minimum absolute atomic E-state index is 0.495. The highest BCUT2D eigenvalue weighted by Gasteiger charge is 2.32. The topological polar surface area (TPSA) is 3.24 Å². The lowest BCUT2D eigenvalue weighted by molar-refractivity contribution is 0.193. The Kier molecular flexibility index (Phi) is 2.53. The second-order valence-corrected chi connectivity index (χ2v) is 5.99. The van der Waals surface area contributed by atoms with Crippen molar-refractivity contribution in [3.63, 3.8) is 0 Å². The summed E-state index contributed by atoms with van der Waals surface area (Å²) in [6.07, 6.45) is 2.69. The SMILES string of the molecule is CN1CCC(C)(C)CC(C)(C)C1. The average Bonchev–Trinajstić information content (AvgIpc) is 1.86. The maximum Gasteiger partial charge on any atom is 0.00298 e. The lowest BCUT2D eigenvalue weighted by Gasteiger charge is -2.31. The molecule has 0 aromatic heterocycles. The molecule has 1 aliphatic rings. The van der Waals surface area contributed by atoms with E-state index in [1.54, 1.807) is 0 Å². The first-order valence-electron chi connectivity index (χ1n) is 4.99. The average molecular weight is 169 g/mol. The monoisotopic (exact) mass is 169 g/mol. The van der Waals surface area contributed by atoms with Gasteiger partial charge in [0.25, 0.3) is 0 Å². The Bertz CT molecular complexity index is 158. The second kappa shape index (κ2) is 3.02. The molecule has 0 aromatic rings. The van der Waals surface area contributed by atoms with E-state index in [4.69, 9.17) is 0 Å². The van der Waals surface area contributed by atoms with Crippen molar-refractivity contribution in [1.82, 2.24) is 4.90 Å². The van der Waals surface area contributed by atoms with Crippen LogP contribution in [0.15, 0.2) is 0 Å². The Labute approximate surface area is 77.1 Å². The van der Waals surface area contributed by atoms with Gasteiger partial charge in [0.15, 0.2) is 0 Å². The van der Waals surface area contributed by atoms with Crippen LogP contribution in [0.3, 0.4) is 0 Å². The van der Waals surface area contributed by atoms with Crippen LogP contribution >= 0.6 is 0 Å². The van der Waals surface area contributed by atoms with E-state index in [9.17, 15) is 0 Å². The van der Waals surface area contributed by atoms with Crippen molar-refractivity contribution in [2.24, 2.45) is 10.8 Å². The molecule has 1 heteroatoms. The molecule has 1 fully saturated rings. The minimum atomic E-state index is 0.495. The van der Waals surface area contributed by atoms with Crippen LogP contribution in [0.4, 0.5) is 0 Å². The highest BCUT2D eigenvalue weighted by Crippen LogP contribution is 2.39. The molecule has 72 valence electrons. The van der Waals surface area contributed by atoms with Gasteiger partial charge in [0.05, 0.1) is 0 Å². The third-order valence-corrected chi connectivity index (χ3v) is 2.83. The fraction of sp³-hybridized carbons (Fsp3) is 1.00. The van der Waals surface area contributed by atoms with Gasteiger partial charge in [-0.1, -0.05) is 27.7 Å². The van der Waals surface area contributed by atoms with E-state index < -0.39 is 0 Å². The quantitative estimate of drug-likeness (QED) is 0.539. The number of nitrogens with zero attached hydrogens (tertiary/aromatic N) is 1. The summed E-state index contributed by atoms with van der Waals surface area (Å²) in [5, 5.41) is 0. The Balaban J connectivity index is 2.69. The number of rotatable bonds is 0. The van der Waals surface area contributed by atoms with Crippen LogP contribution in [-0.2, 0) is 0 Å². The van der Waals surface area contributed by atoms with Crippen LogP contribution in [0.5, 0.6) is 0 Å². The van der Waals surface area contributed by atoms with E-state index in [1.807, 2.05) is 0 Å². The second-order valence-electron chi connectivity index (χ2n) is 5.99. The largest absolute Gasteiger partial charge is 0.306 e. The summed E-state index contributed by atoms with van der Waals surface area (Å²) >= 11 is 0. The lowest BCUT2D eigenvalue weighted by atomic mass is 9.75. The van der Waals surface area contributed by atoms with Crippen LogP contribution in [-0.4, -0.2) is 25.0 Å². The Morgan fingerprint density at radius 2 is 1.58 bits per heavy atom. The van der Waals surface area contributed by atoms with Gasteiger partial charge in [0.1, 0.15) is 0 Å². The molecular weight excluding hydrogens is 146 g/mol. The van der Waals surface area contributed by atoms with E-state index in [0.29, 0.717) is 10.8 Å². The minimum Gasteiger partial charge on any atom is -0.306 e. The predicted molar refractivity (Wildman–Crippen MR) is 54.3 cm³/mol. The van der Waals surface area contributed by atoms with E-state index in [-0.39, 0.29) is 0 Å². The lowest BCUT2D eigenvalue weighted by Crippen LogP contribution is -2.29. The number of hydrogen-bond donors (Lipinski definition) is 0. The number of likely N-dealkylation sites (tertiary alicyclic amines) is 1. The molecule has 1 aliphatic heterocycles. The van der Waals surface area contributed by atoms with Gasteiger partial charge >= 0.3 is 0 Å². The zero-order valence-corrected chi connectivity index (χ0v) is 9.28. The maximum absolute atomic E-state index is 2.47. The normalized spacial score (nSPS) is 29.8. The van der Waals surface area contributed by atoms with Gasteiger partial charge in [0, 0.05) is 6.54 Å². The molecule has 1 nitrogen and oxygen atoms in total. The van der Waals surface area contributed by atoms with Gasteiger partial charge in [-0.05, 0) is 37.3 Å². The fourth-order valence-corrected chi connectivity index (χ4v) is 2.74. The Morgan fingerprint density at radius 3 is 2.17 bits per heavy atom. The van der Waals surface area contributed by atoms with Crippen molar-refractivity contribution in [2.75, 3.05) is 20.1 Å². The van der Waals surface area contributed by atoms with Crippen LogP contribution in [0.2, 0.25) is 0 Å². The molecule has 0 saturated carbocycles. The molecule has 0 unspecified atom stereocenters. The fourth-order valence-electron chi connectivity index (χ4n) is 2.74. The summed E-state index contributed by atoms with van der Waals surface area (Å²) in [7, 11) is 2.24. The highest BCUT2D eigenvalue weighted by molar-refractivity contribution is 4.85. The Hall–Kier alpha value is -0.0400. The molecule has 1 rings (SSSR count). The van der Waals surface area contributed by atoms with Crippen molar-refractivity contribution in [3.05, 3.63) is 0 Å². The molecule has 0 atom stereocenters. The maximum atomic E-state index is 2.47. The highest BCUT2D eigenvalue weighted by atomic mass is 15.1. The number of hydrogen-bond acceptors (Lipinski definition) is 1. The van der Waals surface area contributed by atoms with E-state index in [2.05, 4.69) is 39.6 Å². The first-order chi connectivity index (χ1) is 5.31. The van der Waals surface area contributed by atoms with Crippen molar-refractivity contribution in [2.45, 2.75) is 40.5 Å². The van der Waals surface area contributed by atoms with E-state index in [1.165, 1.54) is 25.9 Å². The van der Waals surface area contributed by atoms with Gasteiger partial charge in [-0.3, -0.25) is 0 Å². The molecular formula is C11H23N. The summed E-state index contributed by atoms with van der Waals surface area (Å²) in [5.41, 5.74) is 1.03. The standard InChI is InChI=1S/C11H23N/c1-10(2)6-7-12(5)9-11(3,4)8-10/h6-9H2,1-5H3. The van der Waals surface area contributed by atoms with Gasteiger partial charge < -0.3 is 4.90 Å². The molecule has 0 aromatic carbocycles. The summed E-state index contributed by atoms with van der Waals surface area (Å²) in [6.45, 7) is 12.1. The smallest absolute Gasteiger partial charge is 0.00298 e. The van der Waals surface area contributed by atoms with Gasteiger partial charge in [-0.2, -0.15) is 0 Å². The molecule has 0 spiro atoms. The Morgan fingerprint density at radius 1 is 1.00 bits per heavy atom. The van der Waals surface area contributed by atoms with E-state index in [0.717, 1.165) is 0 Å². The summed E-state index contributed by atoms with van der Waals surface area (Å²) in [5.74, 6) is 0. The predicted octanol–water partition coefficient (Wildman–Crippen LogP) is 2.76. The summed E-state index contributed by atoms with van der Waals surface area (Å²) in [6, 6.07) is 0. The molecule has 0 aliphatic carbocycles. The molecule has 1 saturated heterocycles. The van der Waals surface area contributed by atoms with Gasteiger partial charge in [-0.15, -0.1) is 0 Å². The van der Waals surface area contributed by atoms with Crippen LogP contribution in [0.1, 0.15) is 40.5 Å². The third kappa shape index (κ3) is 2.78. The van der Waals surface area contributed by atoms with Crippen molar-refractivity contribution in [3.8, 4) is 0 Å². The van der Waals surface area contributed by atoms with Gasteiger partial charge in [0.2, 0.25) is 0 Å². The molecule has 0 bridgehead atoms. The first kappa shape index (κ1) is 10.0. The zero-order chi connectivity index (χ0) is 9.41.